The Hall–Kier alpha value is -2.18. The van der Waals surface area contributed by atoms with Crippen molar-refractivity contribution in [1.82, 2.24) is 9.80 Å². The predicted octanol–water partition coefficient (Wildman–Crippen LogP) is 4.17. The number of carbonyl (C=O) groups is 2. The highest BCUT2D eigenvalue weighted by Crippen LogP contribution is 2.44. The summed E-state index contributed by atoms with van der Waals surface area (Å²) in [6.07, 6.45) is 1.54. The van der Waals surface area contributed by atoms with Crippen LogP contribution in [0, 0.1) is 0 Å². The Labute approximate surface area is 180 Å². The van der Waals surface area contributed by atoms with E-state index in [1.807, 2.05) is 39.8 Å². The first kappa shape index (κ1) is 20.1. The molecule has 7 heteroatoms. The molecule has 2 aliphatic rings. The average Bonchev–Trinajstić information content (AvgIpc) is 3.16. The molecule has 0 aromatic heterocycles. The van der Waals surface area contributed by atoms with Crippen LogP contribution in [-0.2, 0) is 0 Å². The number of ether oxygens (including phenoxy) is 1. The maximum atomic E-state index is 13.1. The van der Waals surface area contributed by atoms with Crippen LogP contribution in [0.4, 0.5) is 0 Å². The molecule has 0 N–H and O–H groups in total. The standard InChI is InChI=1S/C22H23ClN2O3S/c1-28-19-4-2-3-17(15-19)20(26)24-11-9-22(10-12-24)25(13-14-29-22)21(27)16-5-7-18(23)8-6-16/h2-8,15H,9-14H2,1H3. The number of benzene rings is 2. The van der Waals surface area contributed by atoms with Gasteiger partial charge in [0.2, 0.25) is 0 Å². The third-order valence-electron chi connectivity index (χ3n) is 5.66. The molecule has 2 saturated heterocycles. The Bertz CT molecular complexity index is 911. The van der Waals surface area contributed by atoms with E-state index in [4.69, 9.17) is 16.3 Å². The van der Waals surface area contributed by atoms with E-state index in [9.17, 15) is 9.59 Å². The highest BCUT2D eigenvalue weighted by Gasteiger charge is 2.47. The molecule has 1 spiro atoms. The summed E-state index contributed by atoms with van der Waals surface area (Å²) in [6, 6.07) is 14.3. The van der Waals surface area contributed by atoms with Gasteiger partial charge in [0.15, 0.2) is 0 Å². The summed E-state index contributed by atoms with van der Waals surface area (Å²) >= 11 is 7.80. The number of nitrogens with zero attached hydrogens (tertiary/aromatic N) is 2. The van der Waals surface area contributed by atoms with E-state index in [0.717, 1.165) is 25.1 Å². The van der Waals surface area contributed by atoms with Crippen molar-refractivity contribution in [1.29, 1.82) is 0 Å². The van der Waals surface area contributed by atoms with Crippen molar-refractivity contribution in [3.05, 3.63) is 64.7 Å². The zero-order valence-corrected chi connectivity index (χ0v) is 17.8. The van der Waals surface area contributed by atoms with Gasteiger partial charge in [0.25, 0.3) is 11.8 Å². The average molecular weight is 431 g/mol. The summed E-state index contributed by atoms with van der Waals surface area (Å²) in [5.41, 5.74) is 1.29. The zero-order valence-electron chi connectivity index (χ0n) is 16.3. The van der Waals surface area contributed by atoms with Gasteiger partial charge in [0.05, 0.1) is 12.0 Å². The number of thioether (sulfide) groups is 1. The first-order valence-corrected chi connectivity index (χ1v) is 11.0. The van der Waals surface area contributed by atoms with Crippen LogP contribution >= 0.6 is 23.4 Å². The minimum absolute atomic E-state index is 0.0114. The first-order chi connectivity index (χ1) is 14.0. The second-order valence-corrected chi connectivity index (χ2v) is 9.18. The quantitative estimate of drug-likeness (QED) is 0.733. The minimum atomic E-state index is -0.234. The fraction of sp³-hybridized carbons (Fsp3) is 0.364. The Morgan fingerprint density at radius 2 is 1.72 bits per heavy atom. The van der Waals surface area contributed by atoms with Crippen LogP contribution in [-0.4, -0.2) is 59.0 Å². The van der Waals surface area contributed by atoms with E-state index in [1.54, 1.807) is 37.4 Å². The Morgan fingerprint density at radius 1 is 1.00 bits per heavy atom. The van der Waals surface area contributed by atoms with Gasteiger partial charge >= 0.3 is 0 Å². The van der Waals surface area contributed by atoms with Gasteiger partial charge in [-0.25, -0.2) is 0 Å². The van der Waals surface area contributed by atoms with Gasteiger partial charge < -0.3 is 14.5 Å². The molecule has 2 heterocycles. The second kappa shape index (κ2) is 8.28. The highest BCUT2D eigenvalue weighted by molar-refractivity contribution is 8.00. The Morgan fingerprint density at radius 3 is 2.41 bits per heavy atom. The van der Waals surface area contributed by atoms with Crippen molar-refractivity contribution >= 4 is 35.2 Å². The van der Waals surface area contributed by atoms with Crippen molar-refractivity contribution in [2.45, 2.75) is 17.7 Å². The van der Waals surface area contributed by atoms with Crippen molar-refractivity contribution < 1.29 is 14.3 Å². The largest absolute Gasteiger partial charge is 0.497 e. The highest BCUT2D eigenvalue weighted by atomic mass is 35.5. The third-order valence-corrected chi connectivity index (χ3v) is 7.47. The van der Waals surface area contributed by atoms with Gasteiger partial charge in [-0.2, -0.15) is 0 Å². The lowest BCUT2D eigenvalue weighted by Crippen LogP contribution is -2.53. The lowest BCUT2D eigenvalue weighted by molar-refractivity contribution is 0.0497. The number of piperidine rings is 1. The molecule has 2 fully saturated rings. The van der Waals surface area contributed by atoms with Crippen LogP contribution in [0.25, 0.3) is 0 Å². The molecule has 0 unspecified atom stereocenters. The van der Waals surface area contributed by atoms with Gasteiger partial charge in [0.1, 0.15) is 5.75 Å². The molecular weight excluding hydrogens is 408 g/mol. The number of carbonyl (C=O) groups excluding carboxylic acids is 2. The van der Waals surface area contributed by atoms with Crippen LogP contribution in [0.5, 0.6) is 5.75 Å². The van der Waals surface area contributed by atoms with Gasteiger partial charge in [-0.3, -0.25) is 9.59 Å². The number of amides is 2. The zero-order chi connectivity index (χ0) is 20.4. The summed E-state index contributed by atoms with van der Waals surface area (Å²) in [6.45, 7) is 2.00. The summed E-state index contributed by atoms with van der Waals surface area (Å²) < 4.78 is 5.23. The van der Waals surface area contributed by atoms with E-state index in [1.165, 1.54) is 0 Å². The number of hydrogen-bond acceptors (Lipinski definition) is 4. The molecule has 2 amide bonds. The second-order valence-electron chi connectivity index (χ2n) is 7.28. The normalized spacial score (nSPS) is 18.1. The molecule has 0 radical (unpaired) electrons. The number of methoxy groups -OCH3 is 1. The number of likely N-dealkylation sites (tertiary alicyclic amines) is 1. The molecule has 2 aromatic rings. The third kappa shape index (κ3) is 3.96. The Balaban J connectivity index is 1.46. The van der Waals surface area contributed by atoms with E-state index in [0.29, 0.717) is 35.0 Å². The summed E-state index contributed by atoms with van der Waals surface area (Å²) in [5, 5.41) is 0.622. The molecule has 0 saturated carbocycles. The van der Waals surface area contributed by atoms with Crippen LogP contribution in [0.1, 0.15) is 33.6 Å². The fourth-order valence-corrected chi connectivity index (χ4v) is 5.64. The maximum Gasteiger partial charge on any atom is 0.254 e. The molecule has 2 aliphatic heterocycles. The van der Waals surface area contributed by atoms with Gasteiger partial charge in [-0.1, -0.05) is 17.7 Å². The molecule has 2 aromatic carbocycles. The van der Waals surface area contributed by atoms with E-state index < -0.39 is 0 Å². The predicted molar refractivity (Wildman–Crippen MR) is 116 cm³/mol. The first-order valence-electron chi connectivity index (χ1n) is 9.67. The summed E-state index contributed by atoms with van der Waals surface area (Å²) in [4.78, 5) is 29.7. The molecule has 0 bridgehead atoms. The number of rotatable bonds is 3. The molecule has 4 rings (SSSR count). The summed E-state index contributed by atoms with van der Waals surface area (Å²) in [5.74, 6) is 1.65. The smallest absolute Gasteiger partial charge is 0.254 e. The molecular formula is C22H23ClN2O3S. The lowest BCUT2D eigenvalue weighted by Gasteiger charge is -2.44. The minimum Gasteiger partial charge on any atom is -0.497 e. The molecule has 0 atom stereocenters. The van der Waals surface area contributed by atoms with Gasteiger partial charge in [-0.15, -0.1) is 11.8 Å². The van der Waals surface area contributed by atoms with Crippen molar-refractivity contribution in [2.24, 2.45) is 0 Å². The van der Waals surface area contributed by atoms with Crippen LogP contribution < -0.4 is 4.74 Å². The Kier molecular flexibility index (Phi) is 5.74. The summed E-state index contributed by atoms with van der Waals surface area (Å²) in [7, 11) is 1.60. The monoisotopic (exact) mass is 430 g/mol. The van der Waals surface area contributed by atoms with Crippen LogP contribution in [0.3, 0.4) is 0 Å². The van der Waals surface area contributed by atoms with Gasteiger partial charge in [-0.05, 0) is 55.3 Å². The van der Waals surface area contributed by atoms with Crippen LogP contribution in [0.2, 0.25) is 5.02 Å². The maximum absolute atomic E-state index is 13.1. The molecule has 0 aliphatic carbocycles. The van der Waals surface area contributed by atoms with Crippen molar-refractivity contribution in [2.75, 3.05) is 32.5 Å². The SMILES string of the molecule is COc1cccc(C(=O)N2CCC3(CC2)SCCN3C(=O)c2ccc(Cl)cc2)c1. The topological polar surface area (TPSA) is 49.9 Å². The van der Waals surface area contributed by atoms with Gasteiger partial charge in [0, 0.05) is 41.5 Å². The van der Waals surface area contributed by atoms with E-state index in [2.05, 4.69) is 0 Å². The van der Waals surface area contributed by atoms with Crippen molar-refractivity contribution in [3.63, 3.8) is 0 Å². The molecule has 5 nitrogen and oxygen atoms in total. The molecule has 29 heavy (non-hydrogen) atoms. The fourth-order valence-electron chi connectivity index (χ4n) is 4.06. The number of hydrogen-bond donors (Lipinski definition) is 0. The van der Waals surface area contributed by atoms with Crippen LogP contribution in [0.15, 0.2) is 48.5 Å². The van der Waals surface area contributed by atoms with Crippen molar-refractivity contribution in [3.8, 4) is 5.75 Å². The number of halogens is 1. The lowest BCUT2D eigenvalue weighted by atomic mass is 10.00. The van der Waals surface area contributed by atoms with E-state index in [-0.39, 0.29) is 16.7 Å². The molecule has 152 valence electrons. The van der Waals surface area contributed by atoms with E-state index >= 15 is 0 Å².